The lowest BCUT2D eigenvalue weighted by atomic mass is 9.96. The van der Waals surface area contributed by atoms with E-state index in [1.807, 2.05) is 49.5 Å². The van der Waals surface area contributed by atoms with E-state index < -0.39 is 12.0 Å². The van der Waals surface area contributed by atoms with Crippen LogP contribution in [0.1, 0.15) is 30.9 Å². The zero-order valence-corrected chi connectivity index (χ0v) is 23.3. The number of cyclic esters (lactones) is 1. The lowest BCUT2D eigenvalue weighted by Gasteiger charge is -2.25. The van der Waals surface area contributed by atoms with Gasteiger partial charge in [-0.25, -0.2) is 9.80 Å². The number of phenols is 1. The Morgan fingerprint density at radius 3 is 2.74 bits per heavy atom. The molecule has 0 saturated carbocycles. The van der Waals surface area contributed by atoms with Crippen LogP contribution in [0.15, 0.2) is 72.0 Å². The van der Waals surface area contributed by atoms with Crippen molar-refractivity contribution in [2.24, 2.45) is 16.8 Å². The molecule has 3 heterocycles. The van der Waals surface area contributed by atoms with Crippen LogP contribution in [0.2, 0.25) is 0 Å². The van der Waals surface area contributed by atoms with Gasteiger partial charge in [0.25, 0.3) is 5.91 Å². The molecule has 42 heavy (non-hydrogen) atoms. The van der Waals surface area contributed by atoms with Crippen molar-refractivity contribution in [3.8, 4) is 34.1 Å². The SMILES string of the molecule is C[C@@H]1COC(=O)C2=NN(CCC2)C(=O)C(N)Cc2cc(O)cc(c2)-c2ccc3c(-c4ccccc4C#N)cn(c3c2)C1. The molecule has 4 aromatic rings. The molecule has 6 bridgehead atoms. The van der Waals surface area contributed by atoms with Crippen molar-refractivity contribution in [2.45, 2.75) is 38.8 Å². The van der Waals surface area contributed by atoms with Gasteiger partial charge in [0.1, 0.15) is 11.5 Å². The minimum atomic E-state index is -0.903. The number of nitriles is 1. The molecule has 1 unspecified atom stereocenters. The highest BCUT2D eigenvalue weighted by molar-refractivity contribution is 6.36. The van der Waals surface area contributed by atoms with Gasteiger partial charge in [0.05, 0.1) is 24.3 Å². The molecule has 6 rings (SSSR count). The molecule has 0 spiro atoms. The smallest absolute Gasteiger partial charge is 0.354 e. The second kappa shape index (κ2) is 11.1. The van der Waals surface area contributed by atoms with E-state index in [1.54, 1.807) is 18.2 Å². The van der Waals surface area contributed by atoms with Gasteiger partial charge in [-0.05, 0) is 53.8 Å². The maximum Gasteiger partial charge on any atom is 0.354 e. The molecule has 2 aliphatic rings. The van der Waals surface area contributed by atoms with E-state index in [-0.39, 0.29) is 36.3 Å². The monoisotopic (exact) mass is 561 g/mol. The van der Waals surface area contributed by atoms with Crippen molar-refractivity contribution in [1.82, 2.24) is 9.58 Å². The summed E-state index contributed by atoms with van der Waals surface area (Å²) in [6.07, 6.45) is 3.25. The van der Waals surface area contributed by atoms with E-state index in [0.29, 0.717) is 37.1 Å². The molecule has 1 amide bonds. The number of hydrogen-bond acceptors (Lipinski definition) is 7. The third-order valence-corrected chi connectivity index (χ3v) is 7.83. The van der Waals surface area contributed by atoms with Crippen LogP contribution < -0.4 is 5.73 Å². The van der Waals surface area contributed by atoms with Gasteiger partial charge in [0, 0.05) is 53.7 Å². The number of nitrogens with zero attached hydrogens (tertiary/aromatic N) is 4. The molecule has 0 aliphatic carbocycles. The van der Waals surface area contributed by atoms with Crippen LogP contribution in [-0.2, 0) is 27.3 Å². The van der Waals surface area contributed by atoms with Crippen LogP contribution in [0, 0.1) is 17.2 Å². The average molecular weight is 562 g/mol. The lowest BCUT2D eigenvalue weighted by molar-refractivity contribution is -0.137. The summed E-state index contributed by atoms with van der Waals surface area (Å²) in [4.78, 5) is 26.1. The summed E-state index contributed by atoms with van der Waals surface area (Å²) in [5.41, 5.74) is 12.2. The standard InChI is InChI=1S/C33H31N5O4/c1-20-17-37-18-28(26-6-3-2-5-23(26)16-34)27-9-8-22(15-31(27)37)24-11-21(12-25(39)14-24)13-29(35)32(40)38-10-4-7-30(36-38)33(41)42-19-20/h2-3,5-6,8-9,11-12,14-15,18,20,29,39H,4,7,10,13,17,19,35H2,1H3/t20-,29?/m0/s1. The molecular weight excluding hydrogens is 530 g/mol. The van der Waals surface area contributed by atoms with Gasteiger partial charge in [-0.3, -0.25) is 4.79 Å². The van der Waals surface area contributed by atoms with Crippen LogP contribution >= 0.6 is 0 Å². The summed E-state index contributed by atoms with van der Waals surface area (Å²) < 4.78 is 7.78. The Morgan fingerprint density at radius 1 is 1.07 bits per heavy atom. The van der Waals surface area contributed by atoms with E-state index in [9.17, 15) is 20.0 Å². The van der Waals surface area contributed by atoms with E-state index >= 15 is 0 Å². The molecular formula is C33H31N5O4. The van der Waals surface area contributed by atoms with Gasteiger partial charge in [-0.15, -0.1) is 0 Å². The van der Waals surface area contributed by atoms with Gasteiger partial charge < -0.3 is 20.1 Å². The number of aromatic hydroxyl groups is 1. The maximum atomic E-state index is 13.2. The number of hydrazone groups is 1. The molecule has 3 N–H and O–H groups in total. The highest BCUT2D eigenvalue weighted by Gasteiger charge is 2.28. The topological polar surface area (TPSA) is 134 Å². The number of nitrogens with two attached hydrogens (primary N) is 1. The Hall–Kier alpha value is -4.94. The number of fused-ring (bicyclic) bond motifs is 5. The summed E-state index contributed by atoms with van der Waals surface area (Å²) in [7, 11) is 0. The number of esters is 1. The highest BCUT2D eigenvalue weighted by Crippen LogP contribution is 2.36. The van der Waals surface area contributed by atoms with Gasteiger partial charge in [0.2, 0.25) is 0 Å². The molecule has 0 fully saturated rings. The zero-order valence-electron chi connectivity index (χ0n) is 23.3. The molecule has 0 radical (unpaired) electrons. The second-order valence-electron chi connectivity index (χ2n) is 11.1. The van der Waals surface area contributed by atoms with Crippen molar-refractivity contribution in [2.75, 3.05) is 13.2 Å². The fourth-order valence-electron chi connectivity index (χ4n) is 5.78. The van der Waals surface area contributed by atoms with E-state index in [1.165, 1.54) is 5.01 Å². The normalized spacial score (nSPS) is 19.5. The molecule has 2 aliphatic heterocycles. The fraction of sp³-hybridized carbons (Fsp3) is 0.273. The van der Waals surface area contributed by atoms with Crippen LogP contribution in [0.5, 0.6) is 5.75 Å². The number of carbonyl (C=O) groups excluding carboxylic acids is 2. The predicted octanol–water partition coefficient (Wildman–Crippen LogP) is 4.59. The molecule has 9 nitrogen and oxygen atoms in total. The third-order valence-electron chi connectivity index (χ3n) is 7.83. The highest BCUT2D eigenvalue weighted by atomic mass is 16.5. The quantitative estimate of drug-likeness (QED) is 0.327. The lowest BCUT2D eigenvalue weighted by Crippen LogP contribution is -2.45. The average Bonchev–Trinajstić information content (AvgIpc) is 3.35. The first kappa shape index (κ1) is 27.2. The van der Waals surface area contributed by atoms with Crippen LogP contribution in [0.3, 0.4) is 0 Å². The fourth-order valence-corrected chi connectivity index (χ4v) is 5.78. The van der Waals surface area contributed by atoms with Gasteiger partial charge in [-0.2, -0.15) is 10.4 Å². The second-order valence-corrected chi connectivity index (χ2v) is 11.1. The van der Waals surface area contributed by atoms with Gasteiger partial charge in [-0.1, -0.05) is 43.3 Å². The summed E-state index contributed by atoms with van der Waals surface area (Å²) in [5, 5.41) is 26.9. The van der Waals surface area contributed by atoms with Crippen molar-refractivity contribution in [1.29, 1.82) is 5.26 Å². The first-order valence-corrected chi connectivity index (χ1v) is 14.1. The van der Waals surface area contributed by atoms with Crippen molar-refractivity contribution in [3.63, 3.8) is 0 Å². The summed E-state index contributed by atoms with van der Waals surface area (Å²) >= 11 is 0. The Balaban J connectivity index is 1.49. The first-order chi connectivity index (χ1) is 20.3. The number of hydrogen-bond donors (Lipinski definition) is 2. The number of phenolic OH excluding ortho intramolecular Hbond substituents is 1. The first-order valence-electron chi connectivity index (χ1n) is 14.1. The summed E-state index contributed by atoms with van der Waals surface area (Å²) in [6.45, 7) is 3.10. The van der Waals surface area contributed by atoms with Gasteiger partial charge >= 0.3 is 5.97 Å². The number of benzene rings is 3. The third kappa shape index (κ3) is 5.24. The largest absolute Gasteiger partial charge is 0.508 e. The number of carbonyl (C=O) groups is 2. The molecule has 3 aromatic carbocycles. The Labute approximate surface area is 243 Å². The maximum absolute atomic E-state index is 13.2. The molecule has 2 atom stereocenters. The van der Waals surface area contributed by atoms with Crippen LogP contribution in [0.4, 0.5) is 0 Å². The minimum Gasteiger partial charge on any atom is -0.508 e. The van der Waals surface area contributed by atoms with E-state index in [0.717, 1.165) is 33.2 Å². The van der Waals surface area contributed by atoms with E-state index in [2.05, 4.69) is 21.8 Å². The number of rotatable bonds is 1. The predicted molar refractivity (Wildman–Crippen MR) is 159 cm³/mol. The summed E-state index contributed by atoms with van der Waals surface area (Å²) in [6, 6.07) is 20.2. The number of ether oxygens (including phenoxy) is 1. The molecule has 9 heteroatoms. The van der Waals surface area contributed by atoms with Crippen LogP contribution in [-0.4, -0.2) is 51.5 Å². The van der Waals surface area contributed by atoms with Crippen molar-refractivity contribution in [3.05, 3.63) is 78.0 Å². The van der Waals surface area contributed by atoms with E-state index in [4.69, 9.17) is 10.5 Å². The Bertz CT molecular complexity index is 1780. The summed E-state index contributed by atoms with van der Waals surface area (Å²) in [5.74, 6) is -0.891. The van der Waals surface area contributed by atoms with Crippen LogP contribution in [0.25, 0.3) is 33.2 Å². The van der Waals surface area contributed by atoms with Gasteiger partial charge in [0.15, 0.2) is 0 Å². The minimum absolute atomic E-state index is 0.0473. The number of amides is 1. The molecule has 0 saturated heterocycles. The number of aromatic nitrogens is 1. The van der Waals surface area contributed by atoms with Crippen molar-refractivity contribution >= 4 is 28.5 Å². The zero-order chi connectivity index (χ0) is 29.4. The Morgan fingerprint density at radius 2 is 1.90 bits per heavy atom. The Kier molecular flexibility index (Phi) is 7.23. The molecule has 212 valence electrons. The molecule has 1 aromatic heterocycles. The van der Waals surface area contributed by atoms with Crippen molar-refractivity contribution < 1.29 is 19.4 Å².